The molecule has 13 heavy (non-hydrogen) atoms. The molecule has 0 radical (unpaired) electrons. The third-order valence-electron chi connectivity index (χ3n) is 2.00. The monoisotopic (exact) mass is 240 g/mol. The fourth-order valence-corrected chi connectivity index (χ4v) is 1.96. The van der Waals surface area contributed by atoms with Crippen molar-refractivity contribution in [2.75, 3.05) is 0 Å². The summed E-state index contributed by atoms with van der Waals surface area (Å²) in [6.07, 6.45) is 2.01. The van der Waals surface area contributed by atoms with Gasteiger partial charge in [-0.05, 0) is 25.0 Å². The first kappa shape index (κ1) is 10.5. The summed E-state index contributed by atoms with van der Waals surface area (Å²) in [5.74, 6) is 0.143. The average Bonchev–Trinajstić information content (AvgIpc) is 2.08. The highest BCUT2D eigenvalue weighted by molar-refractivity contribution is 9.10. The third-order valence-corrected chi connectivity index (χ3v) is 2.74. The van der Waals surface area contributed by atoms with Crippen LogP contribution in [-0.2, 0) is 6.42 Å². The zero-order valence-electron chi connectivity index (χ0n) is 7.93. The van der Waals surface area contributed by atoms with Gasteiger partial charge in [-0.3, -0.25) is 4.79 Å². The molecule has 0 aliphatic rings. The number of benzene rings is 1. The molecule has 0 aliphatic carbocycles. The van der Waals surface area contributed by atoms with E-state index in [2.05, 4.69) is 22.9 Å². The van der Waals surface area contributed by atoms with E-state index in [1.54, 1.807) is 6.92 Å². The Hall–Kier alpha value is -0.630. The molecule has 0 heterocycles. The van der Waals surface area contributed by atoms with Gasteiger partial charge in [-0.15, -0.1) is 0 Å². The minimum atomic E-state index is 0.143. The molecular weight excluding hydrogens is 228 g/mol. The minimum Gasteiger partial charge on any atom is -0.295 e. The van der Waals surface area contributed by atoms with E-state index in [0.717, 1.165) is 28.4 Å². The molecule has 0 bridgehead atoms. The van der Waals surface area contributed by atoms with Crippen molar-refractivity contribution in [1.29, 1.82) is 0 Å². The lowest BCUT2D eigenvalue weighted by molar-refractivity contribution is 0.101. The van der Waals surface area contributed by atoms with Gasteiger partial charge < -0.3 is 0 Å². The van der Waals surface area contributed by atoms with Gasteiger partial charge in [0.15, 0.2) is 5.78 Å². The van der Waals surface area contributed by atoms with Crippen LogP contribution in [-0.4, -0.2) is 5.78 Å². The maximum Gasteiger partial charge on any atom is 0.160 e. The Labute approximate surface area is 87.3 Å². The Kier molecular flexibility index (Phi) is 3.67. The smallest absolute Gasteiger partial charge is 0.160 e. The number of Topliss-reactive ketones (excluding diaryl/α,β-unsaturated/α-hetero) is 1. The molecule has 0 fully saturated rings. The predicted octanol–water partition coefficient (Wildman–Crippen LogP) is 3.60. The number of carbonyl (C=O) groups is 1. The van der Waals surface area contributed by atoms with Crippen molar-refractivity contribution >= 4 is 21.7 Å². The van der Waals surface area contributed by atoms with E-state index in [1.165, 1.54) is 0 Å². The van der Waals surface area contributed by atoms with E-state index >= 15 is 0 Å². The van der Waals surface area contributed by atoms with Crippen LogP contribution in [0.15, 0.2) is 22.7 Å². The Balaban J connectivity index is 3.17. The minimum absolute atomic E-state index is 0.143. The second-order valence-corrected chi connectivity index (χ2v) is 3.93. The summed E-state index contributed by atoms with van der Waals surface area (Å²) >= 11 is 3.46. The normalized spacial score (nSPS) is 10.1. The summed E-state index contributed by atoms with van der Waals surface area (Å²) < 4.78 is 1.04. The van der Waals surface area contributed by atoms with Crippen LogP contribution < -0.4 is 0 Å². The molecule has 0 saturated heterocycles. The van der Waals surface area contributed by atoms with Gasteiger partial charge in [0.05, 0.1) is 0 Å². The van der Waals surface area contributed by atoms with Crippen LogP contribution >= 0.6 is 15.9 Å². The van der Waals surface area contributed by atoms with E-state index in [4.69, 9.17) is 0 Å². The van der Waals surface area contributed by atoms with E-state index < -0.39 is 0 Å². The first-order valence-corrected chi connectivity index (χ1v) is 5.24. The molecule has 0 aromatic heterocycles. The van der Waals surface area contributed by atoms with Crippen molar-refractivity contribution in [3.8, 4) is 0 Å². The SMILES string of the molecule is CCCc1c(Br)cccc1C(C)=O. The number of hydrogen-bond acceptors (Lipinski definition) is 1. The van der Waals surface area contributed by atoms with Crippen molar-refractivity contribution in [1.82, 2.24) is 0 Å². The standard InChI is InChI=1S/C11H13BrO/c1-3-5-10-9(8(2)13)6-4-7-11(10)12/h4,6-7H,3,5H2,1-2H3. The maximum atomic E-state index is 11.3. The molecule has 0 unspecified atom stereocenters. The van der Waals surface area contributed by atoms with Gasteiger partial charge in [0.2, 0.25) is 0 Å². The fraction of sp³-hybridized carbons (Fsp3) is 0.364. The zero-order valence-corrected chi connectivity index (χ0v) is 9.52. The molecule has 0 spiro atoms. The average molecular weight is 241 g/mol. The van der Waals surface area contributed by atoms with Crippen molar-refractivity contribution in [3.63, 3.8) is 0 Å². The zero-order chi connectivity index (χ0) is 9.84. The second kappa shape index (κ2) is 4.56. The van der Waals surface area contributed by atoms with Crippen LogP contribution in [0.2, 0.25) is 0 Å². The van der Waals surface area contributed by atoms with Crippen molar-refractivity contribution < 1.29 is 4.79 Å². The Morgan fingerprint density at radius 3 is 2.69 bits per heavy atom. The number of ketones is 1. The Bertz CT molecular complexity index is 318. The first-order valence-electron chi connectivity index (χ1n) is 4.45. The third kappa shape index (κ3) is 2.41. The topological polar surface area (TPSA) is 17.1 Å². The lowest BCUT2D eigenvalue weighted by Crippen LogP contribution is -2.00. The molecule has 0 N–H and O–H groups in total. The molecule has 1 rings (SSSR count). The van der Waals surface area contributed by atoms with E-state index in [1.807, 2.05) is 18.2 Å². The van der Waals surface area contributed by atoms with Gasteiger partial charge in [0, 0.05) is 10.0 Å². The second-order valence-electron chi connectivity index (χ2n) is 3.07. The quantitative estimate of drug-likeness (QED) is 0.739. The van der Waals surface area contributed by atoms with Crippen molar-refractivity contribution in [3.05, 3.63) is 33.8 Å². The lowest BCUT2D eigenvalue weighted by atomic mass is 10.0. The van der Waals surface area contributed by atoms with Crippen LogP contribution in [0.3, 0.4) is 0 Å². The molecule has 0 aliphatic heterocycles. The predicted molar refractivity (Wildman–Crippen MR) is 58.1 cm³/mol. The molecule has 1 aromatic carbocycles. The van der Waals surface area contributed by atoms with Gasteiger partial charge in [0.25, 0.3) is 0 Å². The molecule has 70 valence electrons. The van der Waals surface area contributed by atoms with Crippen LogP contribution in [0.4, 0.5) is 0 Å². The maximum absolute atomic E-state index is 11.3. The summed E-state index contributed by atoms with van der Waals surface area (Å²) in [5.41, 5.74) is 1.98. The Morgan fingerprint density at radius 2 is 2.15 bits per heavy atom. The molecule has 2 heteroatoms. The number of rotatable bonds is 3. The van der Waals surface area contributed by atoms with Gasteiger partial charge in [-0.25, -0.2) is 0 Å². The highest BCUT2D eigenvalue weighted by Gasteiger charge is 2.08. The van der Waals surface area contributed by atoms with Crippen LogP contribution in [0, 0.1) is 0 Å². The van der Waals surface area contributed by atoms with E-state index in [0.29, 0.717) is 0 Å². The number of halogens is 1. The summed E-state index contributed by atoms with van der Waals surface area (Å²) in [6.45, 7) is 3.73. The molecule has 0 amide bonds. The van der Waals surface area contributed by atoms with Gasteiger partial charge in [-0.1, -0.05) is 41.4 Å². The summed E-state index contributed by atoms with van der Waals surface area (Å²) in [6, 6.07) is 5.77. The largest absolute Gasteiger partial charge is 0.295 e. The molecule has 1 aromatic rings. The lowest BCUT2D eigenvalue weighted by Gasteiger charge is -2.07. The molecule has 0 saturated carbocycles. The Morgan fingerprint density at radius 1 is 1.46 bits per heavy atom. The van der Waals surface area contributed by atoms with Crippen LogP contribution in [0.5, 0.6) is 0 Å². The number of carbonyl (C=O) groups excluding carboxylic acids is 1. The summed E-state index contributed by atoms with van der Waals surface area (Å²) in [5, 5.41) is 0. The van der Waals surface area contributed by atoms with E-state index in [-0.39, 0.29) is 5.78 Å². The van der Waals surface area contributed by atoms with Crippen molar-refractivity contribution in [2.24, 2.45) is 0 Å². The van der Waals surface area contributed by atoms with Gasteiger partial charge in [-0.2, -0.15) is 0 Å². The fourth-order valence-electron chi connectivity index (χ4n) is 1.39. The highest BCUT2D eigenvalue weighted by Crippen LogP contribution is 2.22. The van der Waals surface area contributed by atoms with Crippen molar-refractivity contribution in [2.45, 2.75) is 26.7 Å². The van der Waals surface area contributed by atoms with Gasteiger partial charge >= 0.3 is 0 Å². The highest BCUT2D eigenvalue weighted by atomic mass is 79.9. The summed E-state index contributed by atoms with van der Waals surface area (Å²) in [4.78, 5) is 11.3. The van der Waals surface area contributed by atoms with Crippen LogP contribution in [0.1, 0.15) is 36.2 Å². The van der Waals surface area contributed by atoms with E-state index in [9.17, 15) is 4.79 Å². The molecule has 1 nitrogen and oxygen atoms in total. The molecule has 0 atom stereocenters. The molecular formula is C11H13BrO. The van der Waals surface area contributed by atoms with Gasteiger partial charge in [0.1, 0.15) is 0 Å². The summed E-state index contributed by atoms with van der Waals surface area (Å²) in [7, 11) is 0. The first-order chi connectivity index (χ1) is 6.16. The van der Waals surface area contributed by atoms with Crippen LogP contribution in [0.25, 0.3) is 0 Å². The number of hydrogen-bond donors (Lipinski definition) is 0.